The van der Waals surface area contributed by atoms with Crippen LogP contribution in [0, 0.1) is 6.92 Å². The first-order valence-electron chi connectivity index (χ1n) is 9.72. The molecule has 0 aliphatic carbocycles. The molecule has 5 nitrogen and oxygen atoms in total. The average molecular weight is 411 g/mol. The Kier molecular flexibility index (Phi) is 7.44. The number of pyridine rings is 2. The zero-order valence-corrected chi connectivity index (χ0v) is 17.8. The maximum absolute atomic E-state index is 5.85. The van der Waals surface area contributed by atoms with Crippen molar-refractivity contribution in [1.82, 2.24) is 9.97 Å². The molecule has 0 radical (unpaired) electrons. The highest BCUT2D eigenvalue weighted by Gasteiger charge is 2.20. The van der Waals surface area contributed by atoms with Gasteiger partial charge in [0, 0.05) is 26.0 Å². The number of halogens is 1. The molecule has 1 aromatic carbocycles. The van der Waals surface area contributed by atoms with Crippen LogP contribution in [0.15, 0.2) is 60.9 Å². The van der Waals surface area contributed by atoms with Crippen LogP contribution < -0.4 is 10.6 Å². The van der Waals surface area contributed by atoms with E-state index >= 15 is 0 Å². The van der Waals surface area contributed by atoms with Gasteiger partial charge in [-0.25, -0.2) is 9.97 Å². The average Bonchev–Trinajstić information content (AvgIpc) is 2.73. The molecule has 0 aliphatic heterocycles. The zero-order valence-electron chi connectivity index (χ0n) is 17.0. The Bertz CT molecular complexity index is 900. The second kappa shape index (κ2) is 10.2. The van der Waals surface area contributed by atoms with Crippen LogP contribution in [0.1, 0.15) is 29.7 Å². The van der Waals surface area contributed by atoms with E-state index in [2.05, 4.69) is 58.7 Å². The van der Waals surface area contributed by atoms with E-state index in [4.69, 9.17) is 16.3 Å². The topological polar surface area (TPSA) is 59.1 Å². The highest BCUT2D eigenvalue weighted by Crippen LogP contribution is 2.26. The third kappa shape index (κ3) is 5.92. The number of anilines is 2. The van der Waals surface area contributed by atoms with E-state index in [1.54, 1.807) is 19.5 Å². The predicted octanol–water partition coefficient (Wildman–Crippen LogP) is 5.28. The fraction of sp³-hybridized carbons (Fsp3) is 0.304. The Morgan fingerprint density at radius 3 is 2.55 bits per heavy atom. The number of nitrogens with one attached hydrogen (secondary N) is 2. The number of aryl methyl sites for hydroxylation is 1. The number of rotatable bonds is 9. The Morgan fingerprint density at radius 1 is 1.07 bits per heavy atom. The molecule has 2 N–H and O–H groups in total. The Balaban J connectivity index is 1.64. The molecule has 29 heavy (non-hydrogen) atoms. The quantitative estimate of drug-likeness (QED) is 0.470. The SMILES string of the molecule is CO[C@H](c1ccc(C)cc1)C(C)Nc1ncccc1NCCc1ccc(Cl)nc1. The van der Waals surface area contributed by atoms with Gasteiger partial charge in [-0.15, -0.1) is 0 Å². The molecule has 2 heterocycles. The molecule has 0 amide bonds. The second-order valence-electron chi connectivity index (χ2n) is 7.07. The van der Waals surface area contributed by atoms with Gasteiger partial charge in [-0.2, -0.15) is 0 Å². The zero-order chi connectivity index (χ0) is 20.6. The molecule has 0 aliphatic rings. The van der Waals surface area contributed by atoms with Crippen molar-refractivity contribution in [2.24, 2.45) is 0 Å². The molecule has 6 heteroatoms. The molecule has 0 fully saturated rings. The molecule has 0 bridgehead atoms. The van der Waals surface area contributed by atoms with Gasteiger partial charge >= 0.3 is 0 Å². The number of ether oxygens (including phenoxy) is 1. The lowest BCUT2D eigenvalue weighted by atomic mass is 10.0. The van der Waals surface area contributed by atoms with E-state index < -0.39 is 0 Å². The first kappa shape index (κ1) is 21.1. The van der Waals surface area contributed by atoms with Crippen molar-refractivity contribution in [3.8, 4) is 0 Å². The Labute approximate surface area is 177 Å². The minimum absolute atomic E-state index is 0.0404. The standard InChI is InChI=1S/C23H27ClN4O/c1-16-6-9-19(10-7-16)22(29-3)17(2)28-23-20(5-4-13-26-23)25-14-12-18-8-11-21(24)27-15-18/h4-11,13,15,17,22,25H,12,14H2,1-3H3,(H,26,28)/t17?,22-/m0/s1. The van der Waals surface area contributed by atoms with Gasteiger partial charge in [-0.3, -0.25) is 0 Å². The molecule has 152 valence electrons. The first-order valence-corrected chi connectivity index (χ1v) is 10.1. The van der Waals surface area contributed by atoms with Gasteiger partial charge in [-0.1, -0.05) is 47.5 Å². The number of hydrogen-bond acceptors (Lipinski definition) is 5. The molecular formula is C23H27ClN4O. The van der Waals surface area contributed by atoms with Gasteiger partial charge in [0.15, 0.2) is 0 Å². The van der Waals surface area contributed by atoms with E-state index in [0.29, 0.717) is 5.15 Å². The third-order valence-corrected chi connectivity index (χ3v) is 5.03. The largest absolute Gasteiger partial charge is 0.382 e. The van der Waals surface area contributed by atoms with Gasteiger partial charge in [-0.05, 0) is 49.6 Å². The summed E-state index contributed by atoms with van der Waals surface area (Å²) in [5, 5.41) is 7.47. The highest BCUT2D eigenvalue weighted by molar-refractivity contribution is 6.29. The summed E-state index contributed by atoms with van der Waals surface area (Å²) in [6.45, 7) is 4.95. The highest BCUT2D eigenvalue weighted by atomic mass is 35.5. The Morgan fingerprint density at radius 2 is 1.86 bits per heavy atom. The lowest BCUT2D eigenvalue weighted by molar-refractivity contribution is 0.0907. The minimum Gasteiger partial charge on any atom is -0.382 e. The number of aromatic nitrogens is 2. The summed E-state index contributed by atoms with van der Waals surface area (Å²) in [6.07, 6.45) is 4.36. The van der Waals surface area contributed by atoms with Gasteiger partial charge in [0.25, 0.3) is 0 Å². The Hall–Kier alpha value is -2.63. The van der Waals surface area contributed by atoms with Crippen LogP contribution in [0.3, 0.4) is 0 Å². The van der Waals surface area contributed by atoms with Crippen molar-refractivity contribution in [3.05, 3.63) is 82.8 Å². The van der Waals surface area contributed by atoms with Crippen molar-refractivity contribution >= 4 is 23.1 Å². The van der Waals surface area contributed by atoms with Crippen molar-refractivity contribution in [3.63, 3.8) is 0 Å². The van der Waals surface area contributed by atoms with Crippen LogP contribution in [0.25, 0.3) is 0 Å². The summed E-state index contributed by atoms with van der Waals surface area (Å²) in [6, 6.07) is 16.2. The maximum Gasteiger partial charge on any atom is 0.149 e. The summed E-state index contributed by atoms with van der Waals surface area (Å²) in [5.74, 6) is 0.809. The first-order chi connectivity index (χ1) is 14.1. The number of nitrogens with zero attached hydrogens (tertiary/aromatic N) is 2. The van der Waals surface area contributed by atoms with Gasteiger partial charge in [0.2, 0.25) is 0 Å². The van der Waals surface area contributed by atoms with Crippen molar-refractivity contribution < 1.29 is 4.74 Å². The summed E-state index contributed by atoms with van der Waals surface area (Å²) in [7, 11) is 1.74. The van der Waals surface area contributed by atoms with Crippen LogP contribution in [0.2, 0.25) is 5.15 Å². The lowest BCUT2D eigenvalue weighted by Gasteiger charge is -2.25. The summed E-state index contributed by atoms with van der Waals surface area (Å²) in [4.78, 5) is 8.65. The number of hydrogen-bond donors (Lipinski definition) is 2. The van der Waals surface area contributed by atoms with Crippen molar-refractivity contribution in [1.29, 1.82) is 0 Å². The number of benzene rings is 1. The van der Waals surface area contributed by atoms with E-state index in [0.717, 1.165) is 35.6 Å². The van der Waals surface area contributed by atoms with Gasteiger partial charge in [0.1, 0.15) is 17.1 Å². The maximum atomic E-state index is 5.85. The normalized spacial score (nSPS) is 13.0. The van der Waals surface area contributed by atoms with Crippen molar-refractivity contribution in [2.75, 3.05) is 24.3 Å². The van der Waals surface area contributed by atoms with E-state index in [9.17, 15) is 0 Å². The molecule has 2 atom stereocenters. The second-order valence-corrected chi connectivity index (χ2v) is 7.45. The van der Waals surface area contributed by atoms with Gasteiger partial charge < -0.3 is 15.4 Å². The fourth-order valence-corrected chi connectivity index (χ4v) is 3.35. The van der Waals surface area contributed by atoms with E-state index in [1.807, 2.05) is 24.3 Å². The molecule has 1 unspecified atom stereocenters. The predicted molar refractivity (Wildman–Crippen MR) is 120 cm³/mol. The van der Waals surface area contributed by atoms with E-state index in [1.165, 1.54) is 5.56 Å². The molecule has 0 saturated carbocycles. The van der Waals surface area contributed by atoms with Crippen molar-refractivity contribution in [2.45, 2.75) is 32.4 Å². The summed E-state index contributed by atoms with van der Waals surface area (Å²) >= 11 is 5.85. The summed E-state index contributed by atoms with van der Waals surface area (Å²) in [5.41, 5.74) is 4.46. The summed E-state index contributed by atoms with van der Waals surface area (Å²) < 4.78 is 5.77. The van der Waals surface area contributed by atoms with E-state index in [-0.39, 0.29) is 12.1 Å². The monoisotopic (exact) mass is 410 g/mol. The van der Waals surface area contributed by atoms with Crippen LogP contribution in [0.5, 0.6) is 0 Å². The molecule has 2 aromatic heterocycles. The van der Waals surface area contributed by atoms with Crippen LogP contribution in [0.4, 0.5) is 11.5 Å². The number of methoxy groups -OCH3 is 1. The van der Waals surface area contributed by atoms with Crippen LogP contribution in [-0.4, -0.2) is 29.7 Å². The molecular weight excluding hydrogens is 384 g/mol. The molecule has 0 spiro atoms. The molecule has 0 saturated heterocycles. The third-order valence-electron chi connectivity index (χ3n) is 4.80. The lowest BCUT2D eigenvalue weighted by Crippen LogP contribution is -2.26. The molecule has 3 aromatic rings. The van der Waals surface area contributed by atoms with Gasteiger partial charge in [0.05, 0.1) is 11.7 Å². The van der Waals surface area contributed by atoms with Crippen LogP contribution >= 0.6 is 11.6 Å². The minimum atomic E-state index is -0.0782. The fourth-order valence-electron chi connectivity index (χ4n) is 3.24. The smallest absolute Gasteiger partial charge is 0.149 e. The molecule has 3 rings (SSSR count). The van der Waals surface area contributed by atoms with Crippen LogP contribution in [-0.2, 0) is 11.2 Å².